The average Bonchev–Trinajstić information content (AvgIpc) is 2.13. The molecule has 17 heavy (non-hydrogen) atoms. The molecule has 3 nitrogen and oxygen atoms in total. The van der Waals surface area contributed by atoms with Crippen molar-refractivity contribution < 1.29 is 32.2 Å². The first-order chi connectivity index (χ1) is 7.79. The van der Waals surface area contributed by atoms with Crippen molar-refractivity contribution in [3.63, 3.8) is 0 Å². The number of halogens is 4. The number of benzene rings is 1. The second kappa shape index (κ2) is 5.03. The van der Waals surface area contributed by atoms with Crippen molar-refractivity contribution in [3.8, 4) is 5.75 Å². The Morgan fingerprint density at radius 1 is 1.35 bits per heavy atom. The highest BCUT2D eigenvalue weighted by atomic mass is 19.4. The first-order valence-electron chi connectivity index (χ1n) is 4.54. The lowest BCUT2D eigenvalue weighted by Crippen LogP contribution is -2.18. The highest BCUT2D eigenvalue weighted by Crippen LogP contribution is 2.28. The van der Waals surface area contributed by atoms with Gasteiger partial charge in [0.05, 0.1) is 0 Å². The minimum Gasteiger partial charge on any atom is -0.481 e. The van der Waals surface area contributed by atoms with Gasteiger partial charge in [-0.25, -0.2) is 4.39 Å². The van der Waals surface area contributed by atoms with Gasteiger partial charge in [-0.1, -0.05) is 6.07 Å². The van der Waals surface area contributed by atoms with Gasteiger partial charge in [0.25, 0.3) is 0 Å². The summed E-state index contributed by atoms with van der Waals surface area (Å²) in [5.74, 6) is -2.86. The van der Waals surface area contributed by atoms with E-state index in [9.17, 15) is 22.4 Å². The highest BCUT2D eigenvalue weighted by Gasteiger charge is 2.32. The van der Waals surface area contributed by atoms with E-state index in [1.165, 1.54) is 0 Å². The second-order valence-electron chi connectivity index (χ2n) is 3.16. The zero-order valence-corrected chi connectivity index (χ0v) is 8.42. The number of ether oxygens (including phenoxy) is 1. The molecular formula is C10H8F4O3. The normalized spacial score (nSPS) is 11.3. The van der Waals surface area contributed by atoms with Gasteiger partial charge in [0.15, 0.2) is 0 Å². The van der Waals surface area contributed by atoms with Crippen LogP contribution in [0.5, 0.6) is 5.75 Å². The average molecular weight is 252 g/mol. The first kappa shape index (κ1) is 13.3. The van der Waals surface area contributed by atoms with Crippen LogP contribution in [-0.2, 0) is 11.2 Å². The van der Waals surface area contributed by atoms with Crippen LogP contribution in [0.3, 0.4) is 0 Å². The third-order valence-corrected chi connectivity index (χ3v) is 1.89. The van der Waals surface area contributed by atoms with Crippen LogP contribution in [0.25, 0.3) is 0 Å². The lowest BCUT2D eigenvalue weighted by molar-refractivity contribution is -0.275. The van der Waals surface area contributed by atoms with Gasteiger partial charge in [-0.15, -0.1) is 13.2 Å². The number of carbonyl (C=O) groups is 1. The molecule has 0 aliphatic rings. The Morgan fingerprint density at radius 2 is 2.00 bits per heavy atom. The van der Waals surface area contributed by atoms with Crippen molar-refractivity contribution in [2.24, 2.45) is 0 Å². The molecule has 94 valence electrons. The maximum absolute atomic E-state index is 13.2. The molecule has 0 saturated heterocycles. The summed E-state index contributed by atoms with van der Waals surface area (Å²) in [7, 11) is 0. The van der Waals surface area contributed by atoms with Gasteiger partial charge in [0.1, 0.15) is 11.6 Å². The molecule has 1 N–H and O–H groups in total. The van der Waals surface area contributed by atoms with Gasteiger partial charge in [-0.05, 0) is 18.6 Å². The molecule has 0 fully saturated rings. The summed E-state index contributed by atoms with van der Waals surface area (Å²) in [5.41, 5.74) is -0.396. The largest absolute Gasteiger partial charge is 0.573 e. The molecule has 0 radical (unpaired) electrons. The predicted octanol–water partition coefficient (Wildman–Crippen LogP) is 2.74. The fourth-order valence-electron chi connectivity index (χ4n) is 1.23. The van der Waals surface area contributed by atoms with Crippen molar-refractivity contribution >= 4 is 5.97 Å². The Bertz CT molecular complexity index is 415. The van der Waals surface area contributed by atoms with Crippen molar-refractivity contribution in [3.05, 3.63) is 29.6 Å². The summed E-state index contributed by atoms with van der Waals surface area (Å²) < 4.78 is 52.8. The van der Waals surface area contributed by atoms with Crippen LogP contribution in [0.15, 0.2) is 18.2 Å². The van der Waals surface area contributed by atoms with Crippen LogP contribution in [0, 0.1) is 5.82 Å². The molecule has 1 aromatic carbocycles. The summed E-state index contributed by atoms with van der Waals surface area (Å²) in [6.07, 6.45) is -5.78. The molecule has 0 aliphatic heterocycles. The second-order valence-corrected chi connectivity index (χ2v) is 3.16. The van der Waals surface area contributed by atoms with E-state index in [2.05, 4.69) is 4.74 Å². The number of alkyl halides is 3. The molecule has 0 amide bonds. The summed E-state index contributed by atoms with van der Waals surface area (Å²) in [4.78, 5) is 10.3. The third-order valence-electron chi connectivity index (χ3n) is 1.89. The lowest BCUT2D eigenvalue weighted by atomic mass is 10.1. The maximum Gasteiger partial charge on any atom is 0.573 e. The number of rotatable bonds is 4. The number of hydrogen-bond donors (Lipinski definition) is 1. The molecule has 1 rings (SSSR count). The lowest BCUT2D eigenvalue weighted by Gasteiger charge is -2.13. The van der Waals surface area contributed by atoms with E-state index < -0.39 is 35.9 Å². The van der Waals surface area contributed by atoms with E-state index in [0.717, 1.165) is 18.2 Å². The van der Waals surface area contributed by atoms with Gasteiger partial charge < -0.3 is 9.84 Å². The zero-order chi connectivity index (χ0) is 13.1. The molecule has 0 heterocycles. The van der Waals surface area contributed by atoms with Crippen LogP contribution in [0.2, 0.25) is 0 Å². The molecule has 0 bridgehead atoms. The number of aliphatic carboxylic acids is 1. The molecular weight excluding hydrogens is 244 g/mol. The Labute approximate surface area is 93.6 Å². The van der Waals surface area contributed by atoms with Crippen molar-refractivity contribution in [1.82, 2.24) is 0 Å². The van der Waals surface area contributed by atoms with Crippen molar-refractivity contribution in [2.45, 2.75) is 19.2 Å². The fourth-order valence-corrected chi connectivity index (χ4v) is 1.23. The molecule has 0 atom stereocenters. The van der Waals surface area contributed by atoms with Gasteiger partial charge in [0, 0.05) is 12.0 Å². The van der Waals surface area contributed by atoms with Crippen LogP contribution in [0.4, 0.5) is 17.6 Å². The van der Waals surface area contributed by atoms with E-state index >= 15 is 0 Å². The molecule has 0 saturated carbocycles. The molecule has 7 heteroatoms. The van der Waals surface area contributed by atoms with Crippen LogP contribution < -0.4 is 4.74 Å². The van der Waals surface area contributed by atoms with Crippen LogP contribution in [-0.4, -0.2) is 17.4 Å². The Balaban J connectivity index is 2.96. The fraction of sp³-hybridized carbons (Fsp3) is 0.300. The maximum atomic E-state index is 13.2. The highest BCUT2D eigenvalue weighted by molar-refractivity contribution is 5.67. The minimum absolute atomic E-state index is 0.368. The van der Waals surface area contributed by atoms with E-state index in [1.807, 2.05) is 0 Å². The number of carboxylic acid groups (broad SMARTS) is 1. The van der Waals surface area contributed by atoms with Gasteiger partial charge in [0.2, 0.25) is 0 Å². The number of hydrogen-bond acceptors (Lipinski definition) is 2. The first-order valence-corrected chi connectivity index (χ1v) is 4.54. The molecule has 0 spiro atoms. The quantitative estimate of drug-likeness (QED) is 0.838. The van der Waals surface area contributed by atoms with Gasteiger partial charge in [-0.2, -0.15) is 0 Å². The van der Waals surface area contributed by atoms with E-state index in [0.29, 0.717) is 0 Å². The van der Waals surface area contributed by atoms with Crippen molar-refractivity contribution in [2.75, 3.05) is 0 Å². The van der Waals surface area contributed by atoms with E-state index in [1.54, 1.807) is 0 Å². The summed E-state index contributed by atoms with van der Waals surface area (Å²) in [6, 6.07) is 2.94. The summed E-state index contributed by atoms with van der Waals surface area (Å²) in [5, 5.41) is 8.40. The van der Waals surface area contributed by atoms with Crippen LogP contribution >= 0.6 is 0 Å². The minimum atomic E-state index is -4.94. The predicted molar refractivity (Wildman–Crippen MR) is 49.0 cm³/mol. The Hall–Kier alpha value is -1.79. The summed E-state index contributed by atoms with van der Waals surface area (Å²) >= 11 is 0. The smallest absolute Gasteiger partial charge is 0.481 e. The van der Waals surface area contributed by atoms with E-state index in [-0.39, 0.29) is 6.42 Å². The molecule has 0 aliphatic carbocycles. The molecule has 0 aromatic heterocycles. The SMILES string of the molecule is O=C(O)CCc1c(F)cccc1OC(F)(F)F. The Morgan fingerprint density at radius 3 is 2.53 bits per heavy atom. The zero-order valence-electron chi connectivity index (χ0n) is 8.42. The Kier molecular flexibility index (Phi) is 3.93. The monoisotopic (exact) mass is 252 g/mol. The van der Waals surface area contributed by atoms with E-state index in [4.69, 9.17) is 5.11 Å². The van der Waals surface area contributed by atoms with Crippen LogP contribution in [0.1, 0.15) is 12.0 Å². The van der Waals surface area contributed by atoms with Crippen molar-refractivity contribution in [1.29, 1.82) is 0 Å². The summed E-state index contributed by atoms with van der Waals surface area (Å²) in [6.45, 7) is 0. The number of carboxylic acids is 1. The topological polar surface area (TPSA) is 46.5 Å². The molecule has 0 unspecified atom stereocenters. The molecule has 1 aromatic rings. The third kappa shape index (κ3) is 4.29. The standard InChI is InChI=1S/C10H8F4O3/c11-7-2-1-3-8(17-10(12,13)14)6(7)4-5-9(15)16/h1-3H,4-5H2,(H,15,16). The van der Waals surface area contributed by atoms with Gasteiger partial charge in [-0.3, -0.25) is 4.79 Å². The van der Waals surface area contributed by atoms with Gasteiger partial charge >= 0.3 is 12.3 Å².